The first-order valence-corrected chi connectivity index (χ1v) is 8.15. The molecule has 0 saturated carbocycles. The van der Waals surface area contributed by atoms with Gasteiger partial charge in [0.2, 0.25) is 0 Å². The maximum absolute atomic E-state index is 9.78. The van der Waals surface area contributed by atoms with Crippen LogP contribution in [0.25, 0.3) is 0 Å². The zero-order valence-electron chi connectivity index (χ0n) is 11.1. The van der Waals surface area contributed by atoms with Crippen molar-refractivity contribution in [3.63, 3.8) is 0 Å². The van der Waals surface area contributed by atoms with Crippen LogP contribution in [-0.2, 0) is 11.3 Å². The summed E-state index contributed by atoms with van der Waals surface area (Å²) < 4.78 is 6.02. The van der Waals surface area contributed by atoms with Gasteiger partial charge in [-0.05, 0) is 31.1 Å². The van der Waals surface area contributed by atoms with Crippen LogP contribution < -0.4 is 5.32 Å². The van der Waals surface area contributed by atoms with Gasteiger partial charge in [-0.15, -0.1) is 0 Å². The van der Waals surface area contributed by atoms with E-state index in [-0.39, 0.29) is 5.60 Å². The third kappa shape index (κ3) is 3.07. The van der Waals surface area contributed by atoms with Crippen LogP contribution in [0.2, 0.25) is 0 Å². The lowest BCUT2D eigenvalue weighted by Gasteiger charge is -2.38. The molecule has 1 spiro atoms. The molecule has 0 aliphatic carbocycles. The third-order valence-electron chi connectivity index (χ3n) is 4.13. The molecular formula is C15H21NO2S. The highest BCUT2D eigenvalue weighted by Gasteiger charge is 2.40. The van der Waals surface area contributed by atoms with Crippen LogP contribution in [0.5, 0.6) is 5.75 Å². The molecule has 2 saturated heterocycles. The summed E-state index contributed by atoms with van der Waals surface area (Å²) in [5, 5.41) is 13.4. The summed E-state index contributed by atoms with van der Waals surface area (Å²) >= 11 is 2.01. The van der Waals surface area contributed by atoms with Crippen LogP contribution >= 0.6 is 11.8 Å². The molecule has 0 aromatic heterocycles. The molecule has 3 rings (SSSR count). The van der Waals surface area contributed by atoms with Crippen molar-refractivity contribution in [1.29, 1.82) is 0 Å². The van der Waals surface area contributed by atoms with Crippen molar-refractivity contribution in [3.05, 3.63) is 29.8 Å². The van der Waals surface area contributed by atoms with E-state index in [9.17, 15) is 5.11 Å². The van der Waals surface area contributed by atoms with E-state index in [1.54, 1.807) is 6.07 Å². The number of nitrogens with one attached hydrogen (secondary N) is 1. The predicted octanol–water partition coefficient (Wildman–Crippen LogP) is 2.54. The molecule has 1 aromatic carbocycles. The Morgan fingerprint density at radius 3 is 3.11 bits per heavy atom. The molecule has 104 valence electrons. The zero-order valence-corrected chi connectivity index (χ0v) is 11.9. The number of hydrogen-bond acceptors (Lipinski definition) is 4. The second-order valence-corrected chi connectivity index (χ2v) is 6.64. The number of phenolic OH excluding ortho intramolecular Hbond substituents is 1. The molecule has 0 bridgehead atoms. The van der Waals surface area contributed by atoms with E-state index in [0.717, 1.165) is 37.3 Å². The number of ether oxygens (including phenoxy) is 1. The van der Waals surface area contributed by atoms with Gasteiger partial charge in [0.15, 0.2) is 0 Å². The largest absolute Gasteiger partial charge is 0.508 e. The van der Waals surface area contributed by atoms with E-state index in [1.165, 1.54) is 12.2 Å². The molecule has 4 heteroatoms. The first-order valence-electron chi connectivity index (χ1n) is 6.99. The molecule has 0 amide bonds. The normalized spacial score (nSPS) is 30.8. The number of para-hydroxylation sites is 1. The van der Waals surface area contributed by atoms with Gasteiger partial charge in [0.05, 0.1) is 5.60 Å². The van der Waals surface area contributed by atoms with Crippen LogP contribution in [0.15, 0.2) is 24.3 Å². The predicted molar refractivity (Wildman–Crippen MR) is 78.6 cm³/mol. The molecule has 19 heavy (non-hydrogen) atoms. The van der Waals surface area contributed by atoms with Gasteiger partial charge in [-0.2, -0.15) is 11.8 Å². The summed E-state index contributed by atoms with van der Waals surface area (Å²) in [6.45, 7) is 1.60. The molecule has 2 N–H and O–H groups in total. The number of rotatable bonds is 3. The third-order valence-corrected chi connectivity index (χ3v) is 5.36. The Morgan fingerprint density at radius 1 is 1.42 bits per heavy atom. The summed E-state index contributed by atoms with van der Waals surface area (Å²) in [5.41, 5.74) is 1.10. The Kier molecular flexibility index (Phi) is 4.01. The van der Waals surface area contributed by atoms with Crippen molar-refractivity contribution in [2.45, 2.75) is 37.5 Å². The summed E-state index contributed by atoms with van der Waals surface area (Å²) in [6, 6.07) is 8.05. The second-order valence-electron chi connectivity index (χ2n) is 5.53. The molecule has 1 aromatic rings. The lowest BCUT2D eigenvalue weighted by atomic mass is 9.90. The molecule has 3 nitrogen and oxygen atoms in total. The van der Waals surface area contributed by atoms with Crippen LogP contribution in [0, 0.1) is 0 Å². The van der Waals surface area contributed by atoms with Gasteiger partial charge in [0.25, 0.3) is 0 Å². The minimum atomic E-state index is 0.124. The van der Waals surface area contributed by atoms with E-state index in [1.807, 2.05) is 30.0 Å². The van der Waals surface area contributed by atoms with Crippen molar-refractivity contribution in [2.75, 3.05) is 18.1 Å². The summed E-state index contributed by atoms with van der Waals surface area (Å²) in [7, 11) is 0. The van der Waals surface area contributed by atoms with Gasteiger partial charge < -0.3 is 15.2 Å². The Hall–Kier alpha value is -0.710. The van der Waals surface area contributed by atoms with Gasteiger partial charge in [-0.25, -0.2) is 0 Å². The molecule has 2 atom stereocenters. The van der Waals surface area contributed by atoms with Crippen molar-refractivity contribution in [3.8, 4) is 5.75 Å². The van der Waals surface area contributed by atoms with Crippen LogP contribution in [-0.4, -0.2) is 34.9 Å². The maximum atomic E-state index is 9.78. The van der Waals surface area contributed by atoms with Crippen molar-refractivity contribution in [2.24, 2.45) is 0 Å². The van der Waals surface area contributed by atoms with E-state index >= 15 is 0 Å². The van der Waals surface area contributed by atoms with Crippen LogP contribution in [0.4, 0.5) is 0 Å². The standard InChI is InChI=1S/C15H21NO2S/c17-14-4-2-1-3-12(14)10-16-13-5-7-18-15(9-13)6-8-19-11-15/h1-4,13,16-17H,5-11H2. The Bertz CT molecular complexity index is 432. The summed E-state index contributed by atoms with van der Waals surface area (Å²) in [6.07, 6.45) is 3.36. The lowest BCUT2D eigenvalue weighted by molar-refractivity contribution is -0.0703. The topological polar surface area (TPSA) is 41.5 Å². The Balaban J connectivity index is 1.57. The SMILES string of the molecule is Oc1ccccc1CNC1CCOC2(CCSC2)C1. The van der Waals surface area contributed by atoms with E-state index in [0.29, 0.717) is 11.8 Å². The van der Waals surface area contributed by atoms with Crippen molar-refractivity contribution >= 4 is 11.8 Å². The van der Waals surface area contributed by atoms with Gasteiger partial charge in [0.1, 0.15) is 5.75 Å². The monoisotopic (exact) mass is 279 g/mol. The highest BCUT2D eigenvalue weighted by atomic mass is 32.2. The molecule has 2 unspecified atom stereocenters. The fourth-order valence-corrected chi connectivity index (χ4v) is 4.36. The van der Waals surface area contributed by atoms with Gasteiger partial charge in [-0.1, -0.05) is 18.2 Å². The smallest absolute Gasteiger partial charge is 0.120 e. The summed E-state index contributed by atoms with van der Waals surface area (Å²) in [5.74, 6) is 2.75. The molecule has 2 heterocycles. The van der Waals surface area contributed by atoms with Gasteiger partial charge in [0, 0.05) is 30.5 Å². The molecule has 2 aliphatic heterocycles. The van der Waals surface area contributed by atoms with Crippen LogP contribution in [0.3, 0.4) is 0 Å². The lowest BCUT2D eigenvalue weighted by Crippen LogP contribution is -2.47. The minimum absolute atomic E-state index is 0.124. The number of thioether (sulfide) groups is 1. The summed E-state index contributed by atoms with van der Waals surface area (Å²) in [4.78, 5) is 0. The molecule has 2 fully saturated rings. The Morgan fingerprint density at radius 2 is 2.32 bits per heavy atom. The van der Waals surface area contributed by atoms with Crippen LogP contribution in [0.1, 0.15) is 24.8 Å². The Labute approximate surface area is 118 Å². The number of aromatic hydroxyl groups is 1. The molecular weight excluding hydrogens is 258 g/mol. The second kappa shape index (κ2) is 5.73. The quantitative estimate of drug-likeness (QED) is 0.892. The maximum Gasteiger partial charge on any atom is 0.120 e. The first-order chi connectivity index (χ1) is 9.27. The minimum Gasteiger partial charge on any atom is -0.508 e. The highest BCUT2D eigenvalue weighted by Crippen LogP contribution is 2.38. The van der Waals surface area contributed by atoms with E-state index in [2.05, 4.69) is 5.32 Å². The first kappa shape index (κ1) is 13.3. The van der Waals surface area contributed by atoms with Gasteiger partial charge >= 0.3 is 0 Å². The van der Waals surface area contributed by atoms with Crippen molar-refractivity contribution in [1.82, 2.24) is 5.32 Å². The average molecular weight is 279 g/mol. The van der Waals surface area contributed by atoms with E-state index < -0.39 is 0 Å². The number of hydrogen-bond donors (Lipinski definition) is 2. The zero-order chi connectivity index (χ0) is 13.1. The number of phenols is 1. The van der Waals surface area contributed by atoms with E-state index in [4.69, 9.17) is 4.74 Å². The fourth-order valence-electron chi connectivity index (χ4n) is 2.98. The fraction of sp³-hybridized carbons (Fsp3) is 0.600. The average Bonchev–Trinajstić information content (AvgIpc) is 2.86. The molecule has 2 aliphatic rings. The van der Waals surface area contributed by atoms with Crippen molar-refractivity contribution < 1.29 is 9.84 Å². The van der Waals surface area contributed by atoms with Gasteiger partial charge in [-0.3, -0.25) is 0 Å². The molecule has 0 radical (unpaired) electrons. The highest BCUT2D eigenvalue weighted by molar-refractivity contribution is 7.99. The number of benzene rings is 1.